The van der Waals surface area contributed by atoms with E-state index in [1.54, 1.807) is 25.3 Å². The average molecular weight is 251 g/mol. The molecule has 1 aromatic rings. The van der Waals surface area contributed by atoms with E-state index in [1.807, 2.05) is 6.92 Å². The lowest BCUT2D eigenvalue weighted by Gasteiger charge is -2.10. The maximum absolute atomic E-state index is 10.5. The number of nitrogens with zero attached hydrogens (tertiary/aromatic N) is 1. The number of carbonyl (C=O) groups excluding carboxylic acids is 1. The minimum Gasteiger partial charge on any atom is -0.493 e. The van der Waals surface area contributed by atoms with Crippen LogP contribution in [0.4, 0.5) is 4.79 Å². The molecule has 0 unspecified atom stereocenters. The lowest BCUT2D eigenvalue weighted by atomic mass is 10.2. The Hall–Kier alpha value is -2.24. The molecule has 18 heavy (non-hydrogen) atoms. The van der Waals surface area contributed by atoms with Crippen LogP contribution in [0.2, 0.25) is 0 Å². The van der Waals surface area contributed by atoms with Crippen molar-refractivity contribution < 1.29 is 14.3 Å². The van der Waals surface area contributed by atoms with Crippen LogP contribution in [0.5, 0.6) is 11.5 Å². The molecule has 0 atom stereocenters. The van der Waals surface area contributed by atoms with Crippen LogP contribution in [0, 0.1) is 0 Å². The van der Waals surface area contributed by atoms with Crippen molar-refractivity contribution >= 4 is 12.2 Å². The first-order valence-corrected chi connectivity index (χ1v) is 5.56. The molecule has 0 aliphatic rings. The summed E-state index contributed by atoms with van der Waals surface area (Å²) in [5, 5.41) is 3.67. The monoisotopic (exact) mass is 251 g/mol. The van der Waals surface area contributed by atoms with E-state index >= 15 is 0 Å². The number of nitrogens with one attached hydrogen (secondary N) is 1. The van der Waals surface area contributed by atoms with Crippen molar-refractivity contribution in [1.29, 1.82) is 0 Å². The van der Waals surface area contributed by atoms with Gasteiger partial charge in [0.2, 0.25) is 0 Å². The summed E-state index contributed by atoms with van der Waals surface area (Å²) in [5.41, 5.74) is 7.78. The predicted molar refractivity (Wildman–Crippen MR) is 69.1 cm³/mol. The van der Waals surface area contributed by atoms with Crippen LogP contribution in [0.25, 0.3) is 0 Å². The van der Waals surface area contributed by atoms with Crippen LogP contribution in [0.3, 0.4) is 0 Å². The van der Waals surface area contributed by atoms with E-state index < -0.39 is 6.03 Å². The van der Waals surface area contributed by atoms with Crippen LogP contribution >= 0.6 is 0 Å². The lowest BCUT2D eigenvalue weighted by Crippen LogP contribution is -2.24. The number of hydrogen-bond donors (Lipinski definition) is 2. The molecule has 0 spiro atoms. The van der Waals surface area contributed by atoms with Crippen LogP contribution in [0.1, 0.15) is 18.9 Å². The maximum atomic E-state index is 10.5. The molecule has 2 amide bonds. The van der Waals surface area contributed by atoms with Gasteiger partial charge in [-0.3, -0.25) is 0 Å². The summed E-state index contributed by atoms with van der Waals surface area (Å²) in [5.74, 6) is 1.30. The van der Waals surface area contributed by atoms with Crippen molar-refractivity contribution in [3.05, 3.63) is 23.8 Å². The number of benzene rings is 1. The summed E-state index contributed by atoms with van der Waals surface area (Å²) in [7, 11) is 1.58. The second-order valence-electron chi connectivity index (χ2n) is 3.49. The molecule has 1 aromatic carbocycles. The summed E-state index contributed by atoms with van der Waals surface area (Å²) < 4.78 is 10.7. The molecule has 0 heterocycles. The number of ether oxygens (including phenoxy) is 2. The van der Waals surface area contributed by atoms with Crippen molar-refractivity contribution in [3.8, 4) is 11.5 Å². The van der Waals surface area contributed by atoms with Gasteiger partial charge in [-0.1, -0.05) is 6.92 Å². The Balaban J connectivity index is 2.81. The second kappa shape index (κ2) is 7.16. The summed E-state index contributed by atoms with van der Waals surface area (Å²) >= 11 is 0. The van der Waals surface area contributed by atoms with Gasteiger partial charge < -0.3 is 15.2 Å². The van der Waals surface area contributed by atoms with Crippen molar-refractivity contribution in [1.82, 2.24) is 5.43 Å². The van der Waals surface area contributed by atoms with E-state index in [2.05, 4.69) is 10.5 Å². The van der Waals surface area contributed by atoms with Crippen molar-refractivity contribution in [3.63, 3.8) is 0 Å². The fourth-order valence-electron chi connectivity index (χ4n) is 1.27. The number of rotatable bonds is 6. The molecule has 0 saturated heterocycles. The number of hydrogen-bond acceptors (Lipinski definition) is 4. The lowest BCUT2D eigenvalue weighted by molar-refractivity contribution is 0.249. The largest absolute Gasteiger partial charge is 0.493 e. The molecule has 3 N–H and O–H groups in total. The Bertz CT molecular complexity index is 433. The summed E-state index contributed by atoms with van der Waals surface area (Å²) in [6.45, 7) is 2.63. The van der Waals surface area contributed by atoms with E-state index in [9.17, 15) is 4.79 Å². The first kappa shape index (κ1) is 13.8. The zero-order valence-corrected chi connectivity index (χ0v) is 10.5. The van der Waals surface area contributed by atoms with Gasteiger partial charge in [-0.2, -0.15) is 5.10 Å². The van der Waals surface area contributed by atoms with Crippen LogP contribution in [-0.2, 0) is 0 Å². The van der Waals surface area contributed by atoms with Gasteiger partial charge in [-0.15, -0.1) is 0 Å². The van der Waals surface area contributed by atoms with E-state index in [1.165, 1.54) is 6.21 Å². The molecule has 0 fully saturated rings. The minimum absolute atomic E-state index is 0.608. The number of carbonyl (C=O) groups is 1. The number of urea groups is 1. The highest BCUT2D eigenvalue weighted by Gasteiger charge is 2.04. The van der Waals surface area contributed by atoms with Crippen molar-refractivity contribution in [2.45, 2.75) is 13.3 Å². The Kier molecular flexibility index (Phi) is 5.50. The van der Waals surface area contributed by atoms with E-state index in [0.29, 0.717) is 18.1 Å². The zero-order chi connectivity index (χ0) is 13.4. The third kappa shape index (κ3) is 4.32. The van der Waals surface area contributed by atoms with Crippen LogP contribution < -0.4 is 20.6 Å². The molecule has 0 bridgehead atoms. The first-order chi connectivity index (χ1) is 8.67. The smallest absolute Gasteiger partial charge is 0.332 e. The molecule has 0 saturated carbocycles. The first-order valence-electron chi connectivity index (χ1n) is 5.56. The molecule has 0 radical (unpaired) electrons. The maximum Gasteiger partial charge on any atom is 0.332 e. The molecule has 6 heteroatoms. The third-order valence-electron chi connectivity index (χ3n) is 2.04. The molecule has 0 aromatic heterocycles. The highest BCUT2D eigenvalue weighted by molar-refractivity contribution is 5.82. The SMILES string of the molecule is CCCOc1cc(C=NNC(N)=O)ccc1OC. The van der Waals surface area contributed by atoms with Gasteiger partial charge >= 0.3 is 6.03 Å². The van der Waals surface area contributed by atoms with Crippen LogP contribution in [0.15, 0.2) is 23.3 Å². The predicted octanol–water partition coefficient (Wildman–Crippen LogP) is 1.49. The van der Waals surface area contributed by atoms with Gasteiger partial charge in [-0.25, -0.2) is 10.2 Å². The normalized spacial score (nSPS) is 10.3. The summed E-state index contributed by atoms with van der Waals surface area (Å²) in [4.78, 5) is 10.5. The Morgan fingerprint density at radius 2 is 2.28 bits per heavy atom. The summed E-state index contributed by atoms with van der Waals surface area (Å²) in [6.07, 6.45) is 2.38. The number of hydrazone groups is 1. The number of primary amides is 1. The average Bonchev–Trinajstić information content (AvgIpc) is 2.36. The zero-order valence-electron chi connectivity index (χ0n) is 10.5. The highest BCUT2D eigenvalue weighted by Crippen LogP contribution is 2.27. The van der Waals surface area contributed by atoms with Crippen LogP contribution in [-0.4, -0.2) is 26.0 Å². The Morgan fingerprint density at radius 1 is 1.50 bits per heavy atom. The molecule has 98 valence electrons. The van der Waals surface area contributed by atoms with Gasteiger partial charge in [0.25, 0.3) is 0 Å². The molecular formula is C12H17N3O3. The minimum atomic E-state index is -0.706. The number of methoxy groups -OCH3 is 1. The van der Waals surface area contributed by atoms with Gasteiger partial charge in [-0.05, 0) is 30.2 Å². The van der Waals surface area contributed by atoms with Gasteiger partial charge in [0.15, 0.2) is 11.5 Å². The van der Waals surface area contributed by atoms with E-state index in [-0.39, 0.29) is 0 Å². The number of nitrogens with two attached hydrogens (primary N) is 1. The summed E-state index contributed by atoms with van der Waals surface area (Å²) in [6, 6.07) is 4.64. The second-order valence-corrected chi connectivity index (χ2v) is 3.49. The van der Waals surface area contributed by atoms with Gasteiger partial charge in [0.05, 0.1) is 19.9 Å². The fourth-order valence-corrected chi connectivity index (χ4v) is 1.27. The Morgan fingerprint density at radius 3 is 2.89 bits per heavy atom. The molecule has 0 aliphatic heterocycles. The van der Waals surface area contributed by atoms with Gasteiger partial charge in [0, 0.05) is 0 Å². The third-order valence-corrected chi connectivity index (χ3v) is 2.04. The van der Waals surface area contributed by atoms with Gasteiger partial charge in [0.1, 0.15) is 0 Å². The van der Waals surface area contributed by atoms with Crippen molar-refractivity contribution in [2.24, 2.45) is 10.8 Å². The fraction of sp³-hybridized carbons (Fsp3) is 0.333. The number of amides is 2. The molecule has 0 aliphatic carbocycles. The standard InChI is InChI=1S/C12H17N3O3/c1-3-6-18-11-7-9(4-5-10(11)17-2)8-14-15-12(13)16/h4-5,7-8H,3,6H2,1-2H3,(H3,13,15,16). The quantitative estimate of drug-likeness (QED) is 0.593. The molecule has 6 nitrogen and oxygen atoms in total. The molecular weight excluding hydrogens is 234 g/mol. The van der Waals surface area contributed by atoms with E-state index in [0.717, 1.165) is 12.0 Å². The topological polar surface area (TPSA) is 85.9 Å². The van der Waals surface area contributed by atoms with Crippen molar-refractivity contribution in [2.75, 3.05) is 13.7 Å². The molecule has 1 rings (SSSR count). The van der Waals surface area contributed by atoms with E-state index in [4.69, 9.17) is 15.2 Å². The highest BCUT2D eigenvalue weighted by atomic mass is 16.5. The Labute approximate surface area is 106 Å².